The first-order valence-corrected chi connectivity index (χ1v) is 5.03. The standard InChI is InChI=1S/C9H16N6O/c10-9(11,12)5-2-1-3-8(16)7-4-6-13-15-14-7/h4,6H,1-3,5,10-12H2. The molecule has 6 N–H and O–H groups in total. The summed E-state index contributed by atoms with van der Waals surface area (Å²) in [6.45, 7) is 0. The molecule has 0 fully saturated rings. The van der Waals surface area contributed by atoms with E-state index in [1.807, 2.05) is 0 Å². The van der Waals surface area contributed by atoms with Crippen LogP contribution < -0.4 is 17.2 Å². The topological polar surface area (TPSA) is 134 Å². The maximum Gasteiger partial charge on any atom is 0.183 e. The summed E-state index contributed by atoms with van der Waals surface area (Å²) in [6.07, 6.45) is 3.67. The van der Waals surface area contributed by atoms with Crippen LogP contribution >= 0.6 is 0 Å². The Morgan fingerprint density at radius 2 is 2.06 bits per heavy atom. The molecule has 0 radical (unpaired) electrons. The second-order valence-corrected chi connectivity index (χ2v) is 3.75. The fraction of sp³-hybridized carbons (Fsp3) is 0.556. The fourth-order valence-electron chi connectivity index (χ4n) is 1.23. The van der Waals surface area contributed by atoms with Crippen LogP contribution in [0.5, 0.6) is 0 Å². The Morgan fingerprint density at radius 3 is 2.62 bits per heavy atom. The third-order valence-corrected chi connectivity index (χ3v) is 2.05. The highest BCUT2D eigenvalue weighted by Crippen LogP contribution is 2.06. The summed E-state index contributed by atoms with van der Waals surface area (Å²) >= 11 is 0. The Morgan fingerprint density at radius 1 is 1.31 bits per heavy atom. The fourth-order valence-corrected chi connectivity index (χ4v) is 1.23. The molecule has 1 aromatic heterocycles. The van der Waals surface area contributed by atoms with Crippen molar-refractivity contribution in [2.24, 2.45) is 17.2 Å². The van der Waals surface area contributed by atoms with Crippen LogP contribution in [-0.2, 0) is 0 Å². The zero-order valence-electron chi connectivity index (χ0n) is 8.97. The van der Waals surface area contributed by atoms with Gasteiger partial charge in [-0.15, -0.1) is 10.2 Å². The highest BCUT2D eigenvalue weighted by Gasteiger charge is 2.12. The van der Waals surface area contributed by atoms with E-state index >= 15 is 0 Å². The summed E-state index contributed by atoms with van der Waals surface area (Å²) < 4.78 is 0. The van der Waals surface area contributed by atoms with Gasteiger partial charge in [0.15, 0.2) is 5.78 Å². The molecule has 7 heteroatoms. The number of rotatable bonds is 6. The van der Waals surface area contributed by atoms with E-state index in [0.29, 0.717) is 31.4 Å². The van der Waals surface area contributed by atoms with Crippen molar-refractivity contribution in [2.45, 2.75) is 31.5 Å². The van der Waals surface area contributed by atoms with Crippen molar-refractivity contribution in [1.29, 1.82) is 0 Å². The third-order valence-electron chi connectivity index (χ3n) is 2.05. The summed E-state index contributed by atoms with van der Waals surface area (Å²) in [4.78, 5) is 11.5. The van der Waals surface area contributed by atoms with Crippen molar-refractivity contribution < 1.29 is 4.79 Å². The van der Waals surface area contributed by atoms with Gasteiger partial charge in [0.05, 0.1) is 6.20 Å². The molecule has 0 aromatic carbocycles. The molecule has 0 atom stereocenters. The van der Waals surface area contributed by atoms with Crippen LogP contribution in [-0.4, -0.2) is 27.0 Å². The highest BCUT2D eigenvalue weighted by atomic mass is 16.1. The minimum Gasteiger partial charge on any atom is -0.301 e. The monoisotopic (exact) mass is 224 g/mol. The Balaban J connectivity index is 2.27. The normalized spacial score (nSPS) is 11.4. The minimum absolute atomic E-state index is 0.0634. The zero-order valence-corrected chi connectivity index (χ0v) is 8.97. The van der Waals surface area contributed by atoms with E-state index in [1.165, 1.54) is 12.3 Å². The van der Waals surface area contributed by atoms with Gasteiger partial charge in [-0.25, -0.2) is 0 Å². The van der Waals surface area contributed by atoms with Crippen molar-refractivity contribution in [3.8, 4) is 0 Å². The number of ketones is 1. The molecule has 0 aliphatic heterocycles. The van der Waals surface area contributed by atoms with Crippen LogP contribution in [0, 0.1) is 0 Å². The van der Waals surface area contributed by atoms with E-state index in [0.717, 1.165) is 0 Å². The lowest BCUT2D eigenvalue weighted by Gasteiger charge is -2.17. The second-order valence-electron chi connectivity index (χ2n) is 3.75. The van der Waals surface area contributed by atoms with Crippen molar-refractivity contribution in [3.63, 3.8) is 0 Å². The van der Waals surface area contributed by atoms with E-state index in [2.05, 4.69) is 15.4 Å². The lowest BCUT2D eigenvalue weighted by atomic mass is 10.1. The smallest absolute Gasteiger partial charge is 0.183 e. The van der Waals surface area contributed by atoms with Crippen LogP contribution in [0.1, 0.15) is 36.2 Å². The maximum absolute atomic E-state index is 11.5. The lowest BCUT2D eigenvalue weighted by Crippen LogP contribution is -2.57. The van der Waals surface area contributed by atoms with Gasteiger partial charge in [-0.1, -0.05) is 0 Å². The summed E-state index contributed by atoms with van der Waals surface area (Å²) in [6, 6.07) is 1.54. The van der Waals surface area contributed by atoms with Gasteiger partial charge in [0.2, 0.25) is 0 Å². The van der Waals surface area contributed by atoms with E-state index in [1.54, 1.807) is 0 Å². The molecule has 0 aliphatic rings. The Kier molecular flexibility index (Phi) is 4.41. The van der Waals surface area contributed by atoms with Crippen LogP contribution in [0.2, 0.25) is 0 Å². The van der Waals surface area contributed by atoms with E-state index in [9.17, 15) is 4.79 Å². The SMILES string of the molecule is NC(N)(N)CCCCC(=O)c1ccnnn1. The van der Waals surface area contributed by atoms with Gasteiger partial charge in [-0.2, -0.15) is 0 Å². The number of nitrogens with two attached hydrogens (primary N) is 3. The lowest BCUT2D eigenvalue weighted by molar-refractivity contribution is 0.0972. The highest BCUT2D eigenvalue weighted by molar-refractivity contribution is 5.93. The van der Waals surface area contributed by atoms with Crippen molar-refractivity contribution in [1.82, 2.24) is 15.4 Å². The molecule has 0 amide bonds. The molecule has 0 saturated carbocycles. The second kappa shape index (κ2) is 5.59. The third kappa shape index (κ3) is 4.87. The molecular weight excluding hydrogens is 208 g/mol. The van der Waals surface area contributed by atoms with Crippen molar-refractivity contribution >= 4 is 5.78 Å². The molecule has 1 heterocycles. The Hall–Kier alpha value is -1.44. The number of hydrogen-bond donors (Lipinski definition) is 3. The maximum atomic E-state index is 11.5. The van der Waals surface area contributed by atoms with Gasteiger partial charge < -0.3 is 17.2 Å². The van der Waals surface area contributed by atoms with Gasteiger partial charge in [0.25, 0.3) is 0 Å². The molecule has 7 nitrogen and oxygen atoms in total. The Bertz CT molecular complexity index is 334. The number of unbranched alkanes of at least 4 members (excludes halogenated alkanes) is 1. The first kappa shape index (κ1) is 12.6. The predicted octanol–water partition coefficient (Wildman–Crippen LogP) is -0.855. The van der Waals surface area contributed by atoms with Crippen LogP contribution in [0.3, 0.4) is 0 Å². The molecule has 0 saturated heterocycles. The van der Waals surface area contributed by atoms with Crippen molar-refractivity contribution in [3.05, 3.63) is 18.0 Å². The number of hydrogen-bond acceptors (Lipinski definition) is 7. The van der Waals surface area contributed by atoms with Gasteiger partial charge in [-0.3, -0.25) is 4.79 Å². The van der Waals surface area contributed by atoms with E-state index in [4.69, 9.17) is 17.2 Å². The summed E-state index contributed by atoms with van der Waals surface area (Å²) in [5, 5.41) is 10.5. The van der Waals surface area contributed by atoms with Crippen LogP contribution in [0.4, 0.5) is 0 Å². The summed E-state index contributed by atoms with van der Waals surface area (Å²) in [5.41, 5.74) is 16.5. The molecule has 0 spiro atoms. The van der Waals surface area contributed by atoms with Crippen molar-refractivity contribution in [2.75, 3.05) is 0 Å². The first-order chi connectivity index (χ1) is 7.49. The van der Waals surface area contributed by atoms with Gasteiger partial charge in [-0.05, 0) is 30.5 Å². The number of carbonyl (C=O) groups excluding carboxylic acids is 1. The minimum atomic E-state index is -1.15. The largest absolute Gasteiger partial charge is 0.301 e. The molecule has 16 heavy (non-hydrogen) atoms. The van der Waals surface area contributed by atoms with Gasteiger partial charge in [0.1, 0.15) is 11.5 Å². The number of nitrogens with zero attached hydrogens (tertiary/aromatic N) is 3. The number of aromatic nitrogens is 3. The number of Topliss-reactive ketones (excluding diaryl/α,β-unsaturated/α-hetero) is 1. The zero-order chi connectivity index (χ0) is 12.0. The summed E-state index contributed by atoms with van der Waals surface area (Å²) in [7, 11) is 0. The van der Waals surface area contributed by atoms with Crippen LogP contribution in [0.15, 0.2) is 12.3 Å². The van der Waals surface area contributed by atoms with E-state index < -0.39 is 5.79 Å². The predicted molar refractivity (Wildman–Crippen MR) is 57.9 cm³/mol. The number of carbonyl (C=O) groups is 1. The molecule has 1 rings (SSSR count). The van der Waals surface area contributed by atoms with Gasteiger partial charge in [0, 0.05) is 6.42 Å². The molecule has 0 unspecified atom stereocenters. The molecule has 88 valence electrons. The Labute approximate surface area is 93.4 Å². The van der Waals surface area contributed by atoms with Crippen LogP contribution in [0.25, 0.3) is 0 Å². The first-order valence-electron chi connectivity index (χ1n) is 5.03. The van der Waals surface area contributed by atoms with E-state index in [-0.39, 0.29) is 5.78 Å². The molecule has 1 aromatic rings. The quantitative estimate of drug-likeness (QED) is 0.325. The average Bonchev–Trinajstić information content (AvgIpc) is 2.24. The molecule has 0 aliphatic carbocycles. The van der Waals surface area contributed by atoms with Gasteiger partial charge >= 0.3 is 0 Å². The molecule has 0 bridgehead atoms. The molecular formula is C9H16N6O. The summed E-state index contributed by atoms with van der Waals surface area (Å²) in [5.74, 6) is -1.22. The average molecular weight is 224 g/mol.